The predicted molar refractivity (Wildman–Crippen MR) is 97.5 cm³/mol. The first kappa shape index (κ1) is 18.3. The summed E-state index contributed by atoms with van der Waals surface area (Å²) < 4.78 is 24.0. The Balaban J connectivity index is 2.08. The number of benzene rings is 2. The molecule has 0 spiro atoms. The van der Waals surface area contributed by atoms with Crippen LogP contribution in [0.15, 0.2) is 55.1 Å². The van der Waals surface area contributed by atoms with Gasteiger partial charge in [-0.25, -0.2) is 4.39 Å². The van der Waals surface area contributed by atoms with Crippen LogP contribution in [0.1, 0.15) is 11.1 Å². The third kappa shape index (κ3) is 5.21. The van der Waals surface area contributed by atoms with Gasteiger partial charge in [-0.3, -0.25) is 4.79 Å². The molecule has 0 aliphatic heterocycles. The van der Waals surface area contributed by atoms with Gasteiger partial charge in [-0.2, -0.15) is 0 Å². The number of carbonyl (C=O) groups excluding carboxylic acids is 1. The van der Waals surface area contributed by atoms with Crippen LogP contribution in [0.2, 0.25) is 0 Å². The molecule has 5 heteroatoms. The van der Waals surface area contributed by atoms with Crippen molar-refractivity contribution in [1.29, 1.82) is 0 Å². The SMILES string of the molecule is C=CCOc1ccc(/C=C/C(=O)Nc2cc(F)ccc2C)cc1OC. The van der Waals surface area contributed by atoms with Crippen molar-refractivity contribution in [3.8, 4) is 11.5 Å². The molecule has 1 amide bonds. The number of hydrogen-bond donors (Lipinski definition) is 1. The summed E-state index contributed by atoms with van der Waals surface area (Å²) in [6.45, 7) is 5.77. The van der Waals surface area contributed by atoms with Crippen molar-refractivity contribution in [2.75, 3.05) is 19.0 Å². The van der Waals surface area contributed by atoms with Crippen LogP contribution in [0.4, 0.5) is 10.1 Å². The van der Waals surface area contributed by atoms with Gasteiger partial charge in [0.05, 0.1) is 7.11 Å². The molecule has 25 heavy (non-hydrogen) atoms. The van der Waals surface area contributed by atoms with E-state index < -0.39 is 5.82 Å². The fraction of sp³-hybridized carbons (Fsp3) is 0.150. The molecule has 2 aromatic rings. The maximum Gasteiger partial charge on any atom is 0.248 e. The van der Waals surface area contributed by atoms with Gasteiger partial charge in [-0.15, -0.1) is 0 Å². The Hall–Kier alpha value is -3.08. The number of nitrogens with one attached hydrogen (secondary N) is 1. The van der Waals surface area contributed by atoms with Gasteiger partial charge in [0.15, 0.2) is 11.5 Å². The Morgan fingerprint density at radius 3 is 2.76 bits per heavy atom. The van der Waals surface area contributed by atoms with E-state index in [2.05, 4.69) is 11.9 Å². The highest BCUT2D eigenvalue weighted by atomic mass is 19.1. The molecule has 0 saturated heterocycles. The highest BCUT2D eigenvalue weighted by molar-refractivity contribution is 6.02. The van der Waals surface area contributed by atoms with Crippen LogP contribution in [0.25, 0.3) is 6.08 Å². The van der Waals surface area contributed by atoms with Gasteiger partial charge in [0, 0.05) is 11.8 Å². The summed E-state index contributed by atoms with van der Waals surface area (Å²) in [5.41, 5.74) is 2.00. The minimum Gasteiger partial charge on any atom is -0.493 e. The lowest BCUT2D eigenvalue weighted by atomic mass is 10.1. The Bertz CT molecular complexity index is 800. The quantitative estimate of drug-likeness (QED) is 0.601. The second-order valence-electron chi connectivity index (χ2n) is 5.29. The molecular weight excluding hydrogens is 321 g/mol. The molecule has 0 unspecified atom stereocenters. The molecule has 0 fully saturated rings. The highest BCUT2D eigenvalue weighted by Crippen LogP contribution is 2.28. The highest BCUT2D eigenvalue weighted by Gasteiger charge is 2.06. The first-order valence-electron chi connectivity index (χ1n) is 7.70. The second kappa shape index (κ2) is 8.68. The third-order valence-electron chi connectivity index (χ3n) is 3.43. The van der Waals surface area contributed by atoms with Crippen molar-refractivity contribution in [1.82, 2.24) is 0 Å². The number of carbonyl (C=O) groups is 1. The lowest BCUT2D eigenvalue weighted by molar-refractivity contribution is -0.111. The number of amides is 1. The first-order chi connectivity index (χ1) is 12.0. The van der Waals surface area contributed by atoms with Crippen LogP contribution in [0.5, 0.6) is 11.5 Å². The number of hydrogen-bond acceptors (Lipinski definition) is 3. The lowest BCUT2D eigenvalue weighted by Crippen LogP contribution is -2.09. The zero-order chi connectivity index (χ0) is 18.2. The molecule has 1 N–H and O–H groups in total. The Labute approximate surface area is 146 Å². The lowest BCUT2D eigenvalue weighted by Gasteiger charge is -2.10. The smallest absolute Gasteiger partial charge is 0.248 e. The summed E-state index contributed by atoms with van der Waals surface area (Å²) in [7, 11) is 1.54. The number of aryl methyl sites for hydroxylation is 1. The molecule has 2 aromatic carbocycles. The molecule has 0 heterocycles. The predicted octanol–water partition coefficient (Wildman–Crippen LogP) is 4.36. The van der Waals surface area contributed by atoms with Crippen LogP contribution < -0.4 is 14.8 Å². The van der Waals surface area contributed by atoms with Crippen molar-refractivity contribution in [3.63, 3.8) is 0 Å². The molecule has 0 bridgehead atoms. The second-order valence-corrected chi connectivity index (χ2v) is 5.29. The minimum absolute atomic E-state index is 0.348. The van der Waals surface area contributed by atoms with Gasteiger partial charge in [-0.1, -0.05) is 24.8 Å². The summed E-state index contributed by atoms with van der Waals surface area (Å²) in [5, 5.41) is 2.66. The monoisotopic (exact) mass is 341 g/mol. The van der Waals surface area contributed by atoms with E-state index >= 15 is 0 Å². The van der Waals surface area contributed by atoms with Gasteiger partial charge in [0.1, 0.15) is 12.4 Å². The van der Waals surface area contributed by atoms with Gasteiger partial charge in [-0.05, 0) is 48.4 Å². The molecule has 4 nitrogen and oxygen atoms in total. The van der Waals surface area contributed by atoms with Crippen molar-refractivity contribution in [3.05, 3.63) is 72.1 Å². The van der Waals surface area contributed by atoms with Crippen LogP contribution in [-0.2, 0) is 4.79 Å². The Morgan fingerprint density at radius 2 is 2.04 bits per heavy atom. The molecule has 0 aliphatic carbocycles. The van der Waals surface area contributed by atoms with E-state index in [0.717, 1.165) is 11.1 Å². The van der Waals surface area contributed by atoms with E-state index in [1.54, 1.807) is 50.5 Å². The molecule has 0 aromatic heterocycles. The summed E-state index contributed by atoms with van der Waals surface area (Å²) in [4.78, 5) is 12.0. The van der Waals surface area contributed by atoms with Crippen molar-refractivity contribution >= 4 is 17.7 Å². The standard InChI is InChI=1S/C20H20FNO3/c1-4-11-25-18-9-6-15(12-19(18)24-3)7-10-20(23)22-17-13-16(21)8-5-14(17)2/h4-10,12-13H,1,11H2,2-3H3,(H,22,23)/b10-7+. The zero-order valence-electron chi connectivity index (χ0n) is 14.2. The average molecular weight is 341 g/mol. The number of halogens is 1. The molecule has 0 atom stereocenters. The van der Waals surface area contributed by atoms with Gasteiger partial charge in [0.25, 0.3) is 0 Å². The van der Waals surface area contributed by atoms with E-state index in [1.807, 2.05) is 0 Å². The molecule has 2 rings (SSSR count). The van der Waals surface area contributed by atoms with E-state index in [1.165, 1.54) is 18.2 Å². The van der Waals surface area contributed by atoms with E-state index in [-0.39, 0.29) is 5.91 Å². The molecule has 0 aliphatic rings. The number of anilines is 1. The van der Waals surface area contributed by atoms with Crippen LogP contribution in [0.3, 0.4) is 0 Å². The fourth-order valence-electron chi connectivity index (χ4n) is 2.13. The zero-order valence-corrected chi connectivity index (χ0v) is 14.2. The molecule has 0 saturated carbocycles. The molecular formula is C20H20FNO3. The van der Waals surface area contributed by atoms with Crippen LogP contribution in [-0.4, -0.2) is 19.6 Å². The van der Waals surface area contributed by atoms with Crippen molar-refractivity contribution in [2.24, 2.45) is 0 Å². The Kier molecular flexibility index (Phi) is 6.34. The van der Waals surface area contributed by atoms with Crippen LogP contribution >= 0.6 is 0 Å². The average Bonchev–Trinajstić information content (AvgIpc) is 2.61. The molecule has 130 valence electrons. The van der Waals surface area contributed by atoms with Gasteiger partial charge >= 0.3 is 0 Å². The minimum atomic E-state index is -0.398. The Morgan fingerprint density at radius 1 is 1.24 bits per heavy atom. The largest absolute Gasteiger partial charge is 0.493 e. The van der Waals surface area contributed by atoms with Gasteiger partial charge < -0.3 is 14.8 Å². The van der Waals surface area contributed by atoms with Gasteiger partial charge in [0.2, 0.25) is 5.91 Å². The maximum absolute atomic E-state index is 13.3. The summed E-state index contributed by atoms with van der Waals surface area (Å²) in [5.74, 6) is 0.411. The summed E-state index contributed by atoms with van der Waals surface area (Å²) in [6.07, 6.45) is 4.67. The van der Waals surface area contributed by atoms with E-state index in [9.17, 15) is 9.18 Å². The summed E-state index contributed by atoms with van der Waals surface area (Å²) in [6, 6.07) is 9.57. The fourth-order valence-corrected chi connectivity index (χ4v) is 2.13. The maximum atomic E-state index is 13.3. The number of ether oxygens (including phenoxy) is 2. The normalized spacial score (nSPS) is 10.5. The van der Waals surface area contributed by atoms with Crippen molar-refractivity contribution < 1.29 is 18.7 Å². The molecule has 0 radical (unpaired) electrons. The van der Waals surface area contributed by atoms with E-state index in [0.29, 0.717) is 23.8 Å². The van der Waals surface area contributed by atoms with E-state index in [4.69, 9.17) is 9.47 Å². The third-order valence-corrected chi connectivity index (χ3v) is 3.43. The summed E-state index contributed by atoms with van der Waals surface area (Å²) >= 11 is 0. The number of rotatable bonds is 7. The van der Waals surface area contributed by atoms with Crippen LogP contribution in [0, 0.1) is 12.7 Å². The number of methoxy groups -OCH3 is 1. The topological polar surface area (TPSA) is 47.6 Å². The van der Waals surface area contributed by atoms with Crippen molar-refractivity contribution in [2.45, 2.75) is 6.92 Å². The first-order valence-corrected chi connectivity index (χ1v) is 7.70.